The Labute approximate surface area is 105 Å². The van der Waals surface area contributed by atoms with E-state index in [-0.39, 0.29) is 18.3 Å². The first-order valence-corrected chi connectivity index (χ1v) is 4.88. The highest BCUT2D eigenvalue weighted by atomic mass is 35.5. The van der Waals surface area contributed by atoms with E-state index < -0.39 is 0 Å². The Hall–Kier alpha value is -1.93. The lowest BCUT2D eigenvalue weighted by Crippen LogP contribution is -1.99. The summed E-state index contributed by atoms with van der Waals surface area (Å²) >= 11 is 0. The van der Waals surface area contributed by atoms with Crippen molar-refractivity contribution in [2.24, 2.45) is 0 Å². The standard InChI is InChI=1S/C11H12N4O.ClH/c1-7(5-12)8-6-14-15-4-3-9(13)11(16-2)10(8)15;/h3-4,6-7H,13H2,1-2H3;1H. The van der Waals surface area contributed by atoms with Crippen LogP contribution in [0, 0.1) is 11.3 Å². The Morgan fingerprint density at radius 3 is 2.88 bits per heavy atom. The van der Waals surface area contributed by atoms with Crippen LogP contribution in [0.4, 0.5) is 5.69 Å². The number of rotatable bonds is 2. The maximum atomic E-state index is 8.94. The number of nitrogens with zero attached hydrogens (tertiary/aromatic N) is 3. The van der Waals surface area contributed by atoms with E-state index in [1.165, 1.54) is 0 Å². The number of pyridine rings is 1. The number of ether oxygens (including phenoxy) is 1. The number of halogens is 1. The van der Waals surface area contributed by atoms with Crippen molar-refractivity contribution in [2.45, 2.75) is 12.8 Å². The van der Waals surface area contributed by atoms with Crippen LogP contribution >= 0.6 is 12.4 Å². The van der Waals surface area contributed by atoms with E-state index in [9.17, 15) is 0 Å². The third kappa shape index (κ3) is 1.99. The van der Waals surface area contributed by atoms with Gasteiger partial charge in [-0.2, -0.15) is 10.4 Å². The highest BCUT2D eigenvalue weighted by Gasteiger charge is 2.16. The first kappa shape index (κ1) is 13.1. The fourth-order valence-corrected chi connectivity index (χ4v) is 1.69. The highest BCUT2D eigenvalue weighted by molar-refractivity contribution is 5.85. The van der Waals surface area contributed by atoms with Gasteiger partial charge in [0, 0.05) is 11.8 Å². The Bertz CT molecular complexity index is 573. The summed E-state index contributed by atoms with van der Waals surface area (Å²) < 4.78 is 6.92. The summed E-state index contributed by atoms with van der Waals surface area (Å²) in [5.74, 6) is 0.324. The van der Waals surface area contributed by atoms with Gasteiger partial charge < -0.3 is 10.5 Å². The smallest absolute Gasteiger partial charge is 0.167 e. The number of anilines is 1. The van der Waals surface area contributed by atoms with Crippen LogP contribution in [0.3, 0.4) is 0 Å². The molecule has 0 aliphatic heterocycles. The summed E-state index contributed by atoms with van der Waals surface area (Å²) in [5, 5.41) is 13.1. The number of hydrogen-bond donors (Lipinski definition) is 1. The third-order valence-electron chi connectivity index (χ3n) is 2.56. The molecular weight excluding hydrogens is 240 g/mol. The molecule has 2 aromatic heterocycles. The molecule has 2 heterocycles. The molecule has 17 heavy (non-hydrogen) atoms. The van der Waals surface area contributed by atoms with Crippen LogP contribution in [-0.2, 0) is 0 Å². The molecule has 0 bridgehead atoms. The zero-order valence-electron chi connectivity index (χ0n) is 9.54. The van der Waals surface area contributed by atoms with Crippen molar-refractivity contribution in [3.63, 3.8) is 0 Å². The van der Waals surface area contributed by atoms with E-state index in [0.717, 1.165) is 11.1 Å². The summed E-state index contributed by atoms with van der Waals surface area (Å²) in [4.78, 5) is 0. The van der Waals surface area contributed by atoms with E-state index in [2.05, 4.69) is 11.2 Å². The van der Waals surface area contributed by atoms with Gasteiger partial charge in [0.2, 0.25) is 0 Å². The number of nitrogens with two attached hydrogens (primary N) is 1. The zero-order valence-corrected chi connectivity index (χ0v) is 10.4. The Morgan fingerprint density at radius 2 is 2.29 bits per heavy atom. The second-order valence-electron chi connectivity index (χ2n) is 3.55. The molecule has 0 amide bonds. The minimum absolute atomic E-state index is 0. The average Bonchev–Trinajstić information content (AvgIpc) is 2.72. The van der Waals surface area contributed by atoms with Gasteiger partial charge >= 0.3 is 0 Å². The fraction of sp³-hybridized carbons (Fsp3) is 0.273. The van der Waals surface area contributed by atoms with Crippen LogP contribution in [0.1, 0.15) is 18.4 Å². The second-order valence-corrected chi connectivity index (χ2v) is 3.55. The lowest BCUT2D eigenvalue weighted by Gasteiger charge is -2.08. The highest BCUT2D eigenvalue weighted by Crippen LogP contribution is 2.32. The Kier molecular flexibility index (Phi) is 3.81. The van der Waals surface area contributed by atoms with Crippen molar-refractivity contribution in [3.8, 4) is 11.8 Å². The number of methoxy groups -OCH3 is 1. The van der Waals surface area contributed by atoms with Crippen molar-refractivity contribution in [3.05, 3.63) is 24.0 Å². The first-order valence-electron chi connectivity index (χ1n) is 4.88. The lowest BCUT2D eigenvalue weighted by molar-refractivity contribution is 0.419. The molecule has 0 aromatic carbocycles. The molecular formula is C11H13ClN4O. The van der Waals surface area contributed by atoms with Crippen LogP contribution in [0.5, 0.6) is 5.75 Å². The predicted octanol–water partition coefficient (Wildman–Crippen LogP) is 1.97. The van der Waals surface area contributed by atoms with Gasteiger partial charge in [-0.15, -0.1) is 12.4 Å². The van der Waals surface area contributed by atoms with Gasteiger partial charge in [-0.1, -0.05) is 0 Å². The lowest BCUT2D eigenvalue weighted by atomic mass is 10.0. The first-order chi connectivity index (χ1) is 7.69. The van der Waals surface area contributed by atoms with Crippen LogP contribution in [0.2, 0.25) is 0 Å². The van der Waals surface area contributed by atoms with Crippen molar-refractivity contribution in [1.82, 2.24) is 9.61 Å². The molecule has 0 saturated heterocycles. The predicted molar refractivity (Wildman–Crippen MR) is 67.4 cm³/mol. The zero-order chi connectivity index (χ0) is 11.7. The number of aromatic nitrogens is 2. The molecule has 0 aliphatic rings. The quantitative estimate of drug-likeness (QED) is 0.887. The third-order valence-corrected chi connectivity index (χ3v) is 2.56. The summed E-state index contributed by atoms with van der Waals surface area (Å²) in [6, 6.07) is 3.90. The minimum atomic E-state index is -0.242. The molecule has 2 rings (SSSR count). The molecule has 6 heteroatoms. The van der Waals surface area contributed by atoms with Crippen molar-refractivity contribution in [1.29, 1.82) is 5.26 Å². The molecule has 0 spiro atoms. The second kappa shape index (κ2) is 4.93. The van der Waals surface area contributed by atoms with E-state index in [4.69, 9.17) is 15.7 Å². The fourth-order valence-electron chi connectivity index (χ4n) is 1.69. The van der Waals surface area contributed by atoms with Crippen LogP contribution in [-0.4, -0.2) is 16.7 Å². The van der Waals surface area contributed by atoms with Gasteiger partial charge in [0.1, 0.15) is 5.52 Å². The maximum absolute atomic E-state index is 8.94. The molecule has 90 valence electrons. The van der Waals surface area contributed by atoms with E-state index >= 15 is 0 Å². The number of nitrogen functional groups attached to an aromatic ring is 1. The van der Waals surface area contributed by atoms with Gasteiger partial charge in [0.25, 0.3) is 0 Å². The molecule has 0 aliphatic carbocycles. The molecule has 2 N–H and O–H groups in total. The molecule has 0 fully saturated rings. The number of nitriles is 1. The Morgan fingerprint density at radius 1 is 1.59 bits per heavy atom. The summed E-state index contributed by atoms with van der Waals surface area (Å²) in [6.07, 6.45) is 3.42. The largest absolute Gasteiger partial charge is 0.492 e. The van der Waals surface area contributed by atoms with Crippen molar-refractivity contribution >= 4 is 23.6 Å². The topological polar surface area (TPSA) is 76.3 Å². The van der Waals surface area contributed by atoms with Crippen LogP contribution < -0.4 is 10.5 Å². The van der Waals surface area contributed by atoms with E-state index in [0.29, 0.717) is 11.4 Å². The minimum Gasteiger partial charge on any atom is -0.492 e. The molecule has 1 unspecified atom stereocenters. The molecule has 0 saturated carbocycles. The van der Waals surface area contributed by atoms with Gasteiger partial charge in [0.05, 0.1) is 31.0 Å². The van der Waals surface area contributed by atoms with Crippen LogP contribution in [0.15, 0.2) is 18.5 Å². The van der Waals surface area contributed by atoms with Crippen LogP contribution in [0.25, 0.3) is 5.52 Å². The Balaban J connectivity index is 0.00000144. The molecule has 1 atom stereocenters. The molecule has 0 radical (unpaired) electrons. The summed E-state index contributed by atoms with van der Waals surface area (Å²) in [7, 11) is 1.56. The molecule has 2 aromatic rings. The molecule has 5 nitrogen and oxygen atoms in total. The summed E-state index contributed by atoms with van der Waals surface area (Å²) in [6.45, 7) is 1.82. The van der Waals surface area contributed by atoms with E-state index in [1.807, 2.05) is 6.92 Å². The van der Waals surface area contributed by atoms with Gasteiger partial charge in [0.15, 0.2) is 5.75 Å². The number of hydrogen-bond acceptors (Lipinski definition) is 4. The van der Waals surface area contributed by atoms with E-state index in [1.54, 1.807) is 30.1 Å². The van der Waals surface area contributed by atoms with Crippen molar-refractivity contribution in [2.75, 3.05) is 12.8 Å². The SMILES string of the molecule is COc1c(N)ccn2ncc(C(C)C#N)c12.Cl. The number of fused-ring (bicyclic) bond motifs is 1. The maximum Gasteiger partial charge on any atom is 0.167 e. The van der Waals surface area contributed by atoms with Gasteiger partial charge in [-0.25, -0.2) is 4.52 Å². The van der Waals surface area contributed by atoms with Gasteiger partial charge in [-0.3, -0.25) is 0 Å². The van der Waals surface area contributed by atoms with Crippen molar-refractivity contribution < 1.29 is 4.74 Å². The normalized spacial score (nSPS) is 11.6. The average molecular weight is 253 g/mol. The van der Waals surface area contributed by atoms with Gasteiger partial charge in [-0.05, 0) is 13.0 Å². The summed E-state index contributed by atoms with van der Waals surface area (Å²) in [5.41, 5.74) is 7.95. The monoisotopic (exact) mass is 252 g/mol.